The Morgan fingerprint density at radius 1 is 1.40 bits per heavy atom. The summed E-state index contributed by atoms with van der Waals surface area (Å²) in [6.07, 6.45) is 2.61. The molecule has 0 radical (unpaired) electrons. The van der Waals surface area contributed by atoms with Crippen molar-refractivity contribution in [3.63, 3.8) is 0 Å². The van der Waals surface area contributed by atoms with Crippen LogP contribution >= 0.6 is 0 Å². The SMILES string of the molecule is CC(=O)O[C@@H](C)C(=O)N1CCCC[C@@H]1C. The van der Waals surface area contributed by atoms with E-state index in [4.69, 9.17) is 4.74 Å². The van der Waals surface area contributed by atoms with Gasteiger partial charge in [-0.1, -0.05) is 0 Å². The Morgan fingerprint density at radius 2 is 2.07 bits per heavy atom. The summed E-state index contributed by atoms with van der Waals surface area (Å²) in [6.45, 7) is 5.78. The summed E-state index contributed by atoms with van der Waals surface area (Å²) in [4.78, 5) is 24.4. The van der Waals surface area contributed by atoms with Crippen LogP contribution in [0.5, 0.6) is 0 Å². The summed E-state index contributed by atoms with van der Waals surface area (Å²) in [5, 5.41) is 0. The second kappa shape index (κ2) is 5.14. The van der Waals surface area contributed by atoms with Gasteiger partial charge in [0.2, 0.25) is 0 Å². The lowest BCUT2D eigenvalue weighted by Gasteiger charge is -2.34. The fourth-order valence-corrected chi connectivity index (χ4v) is 1.96. The Kier molecular flexibility index (Phi) is 4.12. The monoisotopic (exact) mass is 213 g/mol. The zero-order chi connectivity index (χ0) is 11.4. The lowest BCUT2D eigenvalue weighted by atomic mass is 10.0. The van der Waals surface area contributed by atoms with E-state index in [-0.39, 0.29) is 11.9 Å². The van der Waals surface area contributed by atoms with Gasteiger partial charge >= 0.3 is 5.97 Å². The summed E-state index contributed by atoms with van der Waals surface area (Å²) < 4.78 is 4.88. The Labute approximate surface area is 90.6 Å². The lowest BCUT2D eigenvalue weighted by molar-refractivity contribution is -0.159. The van der Waals surface area contributed by atoms with Crippen molar-refractivity contribution in [3.8, 4) is 0 Å². The quantitative estimate of drug-likeness (QED) is 0.650. The normalized spacial score (nSPS) is 23.4. The van der Waals surface area contributed by atoms with Gasteiger partial charge in [-0.15, -0.1) is 0 Å². The molecule has 1 fully saturated rings. The second-order valence-electron chi connectivity index (χ2n) is 4.13. The zero-order valence-corrected chi connectivity index (χ0v) is 9.66. The second-order valence-corrected chi connectivity index (χ2v) is 4.13. The molecular formula is C11H19NO3. The van der Waals surface area contributed by atoms with Crippen LogP contribution in [0.4, 0.5) is 0 Å². The molecule has 2 atom stereocenters. The van der Waals surface area contributed by atoms with E-state index in [2.05, 4.69) is 0 Å². The highest BCUT2D eigenvalue weighted by Gasteiger charge is 2.28. The molecule has 1 heterocycles. The molecule has 4 nitrogen and oxygen atoms in total. The van der Waals surface area contributed by atoms with Crippen molar-refractivity contribution in [2.75, 3.05) is 6.54 Å². The number of ether oxygens (including phenoxy) is 1. The number of esters is 1. The number of piperidine rings is 1. The fraction of sp³-hybridized carbons (Fsp3) is 0.818. The predicted octanol–water partition coefficient (Wildman–Crippen LogP) is 1.34. The summed E-state index contributed by atoms with van der Waals surface area (Å²) >= 11 is 0. The molecule has 0 aromatic carbocycles. The van der Waals surface area contributed by atoms with Crippen LogP contribution in [0.25, 0.3) is 0 Å². The Hall–Kier alpha value is -1.06. The third-order valence-electron chi connectivity index (χ3n) is 2.78. The highest BCUT2D eigenvalue weighted by atomic mass is 16.5. The molecule has 0 aliphatic carbocycles. The van der Waals surface area contributed by atoms with Gasteiger partial charge in [-0.25, -0.2) is 0 Å². The van der Waals surface area contributed by atoms with Gasteiger partial charge in [0.05, 0.1) is 0 Å². The van der Waals surface area contributed by atoms with E-state index in [9.17, 15) is 9.59 Å². The third kappa shape index (κ3) is 3.22. The number of carbonyl (C=O) groups excluding carboxylic acids is 2. The van der Waals surface area contributed by atoms with Crippen molar-refractivity contribution in [3.05, 3.63) is 0 Å². The lowest BCUT2D eigenvalue weighted by Crippen LogP contribution is -2.47. The van der Waals surface area contributed by atoms with Crippen LogP contribution < -0.4 is 0 Å². The maximum atomic E-state index is 11.9. The first-order valence-electron chi connectivity index (χ1n) is 5.50. The van der Waals surface area contributed by atoms with E-state index in [1.807, 2.05) is 11.8 Å². The highest BCUT2D eigenvalue weighted by Crippen LogP contribution is 2.17. The molecule has 1 saturated heterocycles. The highest BCUT2D eigenvalue weighted by molar-refractivity contribution is 5.83. The van der Waals surface area contributed by atoms with Crippen molar-refractivity contribution in [2.45, 2.75) is 52.2 Å². The van der Waals surface area contributed by atoms with Crippen molar-refractivity contribution in [2.24, 2.45) is 0 Å². The van der Waals surface area contributed by atoms with Crippen molar-refractivity contribution >= 4 is 11.9 Å². The molecule has 0 spiro atoms. The van der Waals surface area contributed by atoms with E-state index < -0.39 is 12.1 Å². The molecule has 0 bridgehead atoms. The van der Waals surface area contributed by atoms with Gasteiger partial charge in [-0.05, 0) is 33.1 Å². The van der Waals surface area contributed by atoms with Gasteiger partial charge in [0.15, 0.2) is 6.10 Å². The first-order chi connectivity index (χ1) is 7.02. The van der Waals surface area contributed by atoms with Gasteiger partial charge < -0.3 is 9.64 Å². The van der Waals surface area contributed by atoms with Crippen molar-refractivity contribution in [1.29, 1.82) is 0 Å². The number of nitrogens with zero attached hydrogens (tertiary/aromatic N) is 1. The molecular weight excluding hydrogens is 194 g/mol. The van der Waals surface area contributed by atoms with Crippen molar-refractivity contribution in [1.82, 2.24) is 4.90 Å². The van der Waals surface area contributed by atoms with Crippen LogP contribution in [-0.4, -0.2) is 35.5 Å². The maximum Gasteiger partial charge on any atom is 0.303 e. The van der Waals surface area contributed by atoms with E-state index in [0.717, 1.165) is 19.4 Å². The molecule has 0 aromatic heterocycles. The Bertz CT molecular complexity index is 252. The Balaban J connectivity index is 2.54. The standard InChI is InChI=1S/C11H19NO3/c1-8-6-4-5-7-12(8)11(14)9(2)15-10(3)13/h8-9H,4-7H2,1-3H3/t8-,9-/m0/s1. The predicted molar refractivity (Wildman–Crippen MR) is 56.3 cm³/mol. The summed E-state index contributed by atoms with van der Waals surface area (Å²) in [6, 6.07) is 0.268. The largest absolute Gasteiger partial charge is 0.453 e. The number of hydrogen-bond acceptors (Lipinski definition) is 3. The molecule has 0 aromatic rings. The van der Waals surface area contributed by atoms with E-state index in [1.165, 1.54) is 13.3 Å². The average Bonchev–Trinajstić information content (AvgIpc) is 2.16. The maximum absolute atomic E-state index is 11.9. The minimum Gasteiger partial charge on any atom is -0.453 e. The van der Waals surface area contributed by atoms with E-state index in [0.29, 0.717) is 0 Å². The Morgan fingerprint density at radius 3 is 2.60 bits per heavy atom. The van der Waals surface area contributed by atoms with E-state index >= 15 is 0 Å². The van der Waals surface area contributed by atoms with Crippen LogP contribution in [0.2, 0.25) is 0 Å². The smallest absolute Gasteiger partial charge is 0.303 e. The summed E-state index contributed by atoms with van der Waals surface area (Å²) in [5.41, 5.74) is 0. The fourth-order valence-electron chi connectivity index (χ4n) is 1.96. The first kappa shape index (κ1) is 12.0. The molecule has 0 unspecified atom stereocenters. The zero-order valence-electron chi connectivity index (χ0n) is 9.66. The molecule has 86 valence electrons. The van der Waals surface area contributed by atoms with Gasteiger partial charge in [0, 0.05) is 19.5 Å². The molecule has 0 N–H and O–H groups in total. The molecule has 0 saturated carbocycles. The summed E-state index contributed by atoms with van der Waals surface area (Å²) in [5.74, 6) is -0.474. The minimum atomic E-state index is -0.650. The molecule has 1 aliphatic rings. The first-order valence-corrected chi connectivity index (χ1v) is 5.50. The van der Waals surface area contributed by atoms with E-state index in [1.54, 1.807) is 6.92 Å². The van der Waals surface area contributed by atoms with Gasteiger partial charge in [-0.2, -0.15) is 0 Å². The van der Waals surface area contributed by atoms with Crippen LogP contribution in [-0.2, 0) is 14.3 Å². The van der Waals surface area contributed by atoms with Crippen LogP contribution in [0.3, 0.4) is 0 Å². The molecule has 1 aliphatic heterocycles. The molecule has 1 amide bonds. The van der Waals surface area contributed by atoms with Crippen LogP contribution in [0, 0.1) is 0 Å². The minimum absolute atomic E-state index is 0.0719. The number of amides is 1. The third-order valence-corrected chi connectivity index (χ3v) is 2.78. The number of rotatable bonds is 2. The molecule has 4 heteroatoms. The van der Waals surface area contributed by atoms with Gasteiger partial charge in [0.25, 0.3) is 5.91 Å². The van der Waals surface area contributed by atoms with Crippen molar-refractivity contribution < 1.29 is 14.3 Å². The average molecular weight is 213 g/mol. The topological polar surface area (TPSA) is 46.6 Å². The number of carbonyl (C=O) groups is 2. The number of likely N-dealkylation sites (tertiary alicyclic amines) is 1. The van der Waals surface area contributed by atoms with Gasteiger partial charge in [-0.3, -0.25) is 9.59 Å². The van der Waals surface area contributed by atoms with Gasteiger partial charge in [0.1, 0.15) is 0 Å². The molecule has 15 heavy (non-hydrogen) atoms. The summed E-state index contributed by atoms with van der Waals surface area (Å²) in [7, 11) is 0. The molecule has 1 rings (SSSR count). The number of hydrogen-bond donors (Lipinski definition) is 0. The van der Waals surface area contributed by atoms with Crippen LogP contribution in [0.1, 0.15) is 40.0 Å². The van der Waals surface area contributed by atoms with Crippen LogP contribution in [0.15, 0.2) is 0 Å².